The largest absolute Gasteiger partial charge is 0.456 e. The zero-order valence-corrected chi connectivity index (χ0v) is 17.0. The molecule has 0 spiro atoms. The second-order valence-corrected chi connectivity index (χ2v) is 8.73. The lowest BCUT2D eigenvalue weighted by molar-refractivity contribution is 0.186. The Balaban J connectivity index is 1.72. The highest BCUT2D eigenvalue weighted by molar-refractivity contribution is 9.10. The van der Waals surface area contributed by atoms with E-state index in [9.17, 15) is 4.39 Å². The van der Waals surface area contributed by atoms with Crippen LogP contribution in [-0.4, -0.2) is 17.2 Å². The third-order valence-corrected chi connectivity index (χ3v) is 6.66. The van der Waals surface area contributed by atoms with Gasteiger partial charge in [-0.25, -0.2) is 9.37 Å². The van der Waals surface area contributed by atoms with Crippen molar-refractivity contribution in [3.63, 3.8) is 0 Å². The van der Waals surface area contributed by atoms with Gasteiger partial charge in [0.05, 0.1) is 10.2 Å². The molecule has 138 valence electrons. The Labute approximate surface area is 168 Å². The van der Waals surface area contributed by atoms with E-state index in [-0.39, 0.29) is 5.92 Å². The van der Waals surface area contributed by atoms with E-state index in [1.807, 2.05) is 11.4 Å². The van der Waals surface area contributed by atoms with Gasteiger partial charge >= 0.3 is 0 Å². The minimum absolute atomic E-state index is 0.175. The van der Waals surface area contributed by atoms with Gasteiger partial charge in [0.15, 0.2) is 5.58 Å². The van der Waals surface area contributed by atoms with Crippen molar-refractivity contribution < 1.29 is 8.81 Å². The second-order valence-electron chi connectivity index (χ2n) is 6.51. The monoisotopic (exact) mass is 457 g/mol. The number of hydrogen-bond acceptors (Lipinski definition) is 5. The van der Waals surface area contributed by atoms with Crippen molar-refractivity contribution in [3.8, 4) is 0 Å². The minimum Gasteiger partial charge on any atom is -0.456 e. The van der Waals surface area contributed by atoms with Crippen molar-refractivity contribution in [2.45, 2.75) is 43.9 Å². The lowest BCUT2D eigenvalue weighted by atomic mass is 9.82. The summed E-state index contributed by atoms with van der Waals surface area (Å²) in [6.45, 7) is 0.663. The summed E-state index contributed by atoms with van der Waals surface area (Å²) in [6.07, 6.45) is 1.08. The quantitative estimate of drug-likeness (QED) is 0.481. The summed E-state index contributed by atoms with van der Waals surface area (Å²) in [5, 5.41) is 5.76. The molecule has 1 fully saturated rings. The van der Waals surface area contributed by atoms with Crippen LogP contribution in [0, 0.1) is 0 Å². The first-order valence-corrected chi connectivity index (χ1v) is 10.5. The van der Waals surface area contributed by atoms with Gasteiger partial charge in [0.2, 0.25) is 0 Å². The van der Waals surface area contributed by atoms with Gasteiger partial charge in [0.1, 0.15) is 22.6 Å². The van der Waals surface area contributed by atoms with E-state index < -0.39 is 12.2 Å². The van der Waals surface area contributed by atoms with Gasteiger partial charge in [-0.15, -0.1) is 11.3 Å². The maximum atomic E-state index is 14.1. The highest BCUT2D eigenvalue weighted by Gasteiger charge is 2.36. The number of hydrogen-bond donors (Lipinski definition) is 2. The predicted octanol–water partition coefficient (Wildman–Crippen LogP) is 5.85. The Bertz CT molecular complexity index is 917. The van der Waals surface area contributed by atoms with Gasteiger partial charge in [-0.1, -0.05) is 17.7 Å². The number of fused-ring (bicyclic) bond motifs is 1. The summed E-state index contributed by atoms with van der Waals surface area (Å²) in [6, 6.07) is 5.24. The molecule has 0 aromatic carbocycles. The van der Waals surface area contributed by atoms with Gasteiger partial charge < -0.3 is 15.5 Å². The molecule has 26 heavy (non-hydrogen) atoms. The molecular weight excluding hydrogens is 441 g/mol. The summed E-state index contributed by atoms with van der Waals surface area (Å²) in [5.74, 6) is 0.482. The molecule has 3 aromatic rings. The van der Waals surface area contributed by atoms with Crippen LogP contribution in [0.5, 0.6) is 0 Å². The van der Waals surface area contributed by atoms with Crippen molar-refractivity contribution in [1.29, 1.82) is 0 Å². The third kappa shape index (κ3) is 3.38. The van der Waals surface area contributed by atoms with Crippen LogP contribution in [0.25, 0.3) is 11.1 Å². The number of anilines is 1. The van der Waals surface area contributed by atoms with E-state index in [0.717, 1.165) is 18.5 Å². The van der Waals surface area contributed by atoms with Crippen LogP contribution in [0.2, 0.25) is 5.15 Å². The van der Waals surface area contributed by atoms with E-state index in [0.29, 0.717) is 39.5 Å². The first-order chi connectivity index (χ1) is 12.5. The summed E-state index contributed by atoms with van der Waals surface area (Å²) in [5.41, 5.74) is 8.13. The van der Waals surface area contributed by atoms with Gasteiger partial charge in [-0.3, -0.25) is 0 Å². The van der Waals surface area contributed by atoms with Crippen molar-refractivity contribution >= 4 is 55.7 Å². The SMILES string of the molecule is N[C@@H]1[C@@H](c2oc3c(NCc4cccs4)cc(Cl)nc3c2Br)CCC[C@@H]1F. The van der Waals surface area contributed by atoms with Crippen molar-refractivity contribution in [2.75, 3.05) is 5.32 Å². The van der Waals surface area contributed by atoms with Gasteiger partial charge in [-0.2, -0.15) is 0 Å². The molecule has 1 aliphatic rings. The van der Waals surface area contributed by atoms with E-state index in [1.165, 1.54) is 4.88 Å². The summed E-state index contributed by atoms with van der Waals surface area (Å²) < 4.78 is 20.9. The number of nitrogens with one attached hydrogen (secondary N) is 1. The Hall–Kier alpha value is -1.15. The maximum absolute atomic E-state index is 14.1. The number of halogens is 3. The van der Waals surface area contributed by atoms with Crippen LogP contribution in [0.4, 0.5) is 10.1 Å². The first-order valence-electron chi connectivity index (χ1n) is 8.49. The number of rotatable bonds is 4. The number of thiophene rings is 1. The lowest BCUT2D eigenvalue weighted by Gasteiger charge is -2.30. The second kappa shape index (κ2) is 7.46. The standard InChI is InChI=1S/C18H18BrClFN3OS/c19-14-16-18(25-17(14)10-4-1-5-11(21)15(10)22)12(7-13(20)24-16)23-8-9-3-2-6-26-9/h2-3,6-7,10-11,15H,1,4-5,8,22H2,(H,23,24)/t10-,11-,15+/m0/s1. The Kier molecular flexibility index (Phi) is 5.23. The molecule has 3 aromatic heterocycles. The van der Waals surface area contributed by atoms with Crippen LogP contribution in [0.1, 0.15) is 35.8 Å². The number of nitrogens with two attached hydrogens (primary N) is 1. The number of alkyl halides is 1. The highest BCUT2D eigenvalue weighted by atomic mass is 79.9. The van der Waals surface area contributed by atoms with Crippen molar-refractivity contribution in [3.05, 3.63) is 43.8 Å². The molecule has 0 aliphatic heterocycles. The van der Waals surface area contributed by atoms with Gasteiger partial charge in [0.25, 0.3) is 0 Å². The van der Waals surface area contributed by atoms with E-state index in [4.69, 9.17) is 21.8 Å². The number of aromatic nitrogens is 1. The van der Waals surface area contributed by atoms with Gasteiger partial charge in [-0.05, 0) is 46.6 Å². The van der Waals surface area contributed by atoms with Crippen LogP contribution in [-0.2, 0) is 6.54 Å². The predicted molar refractivity (Wildman–Crippen MR) is 108 cm³/mol. The average Bonchev–Trinajstić information content (AvgIpc) is 3.24. The van der Waals surface area contributed by atoms with E-state index >= 15 is 0 Å². The molecule has 1 aliphatic carbocycles. The molecule has 0 bridgehead atoms. The molecule has 3 atom stereocenters. The normalized spacial score (nSPS) is 23.5. The molecule has 0 radical (unpaired) electrons. The zero-order valence-electron chi connectivity index (χ0n) is 13.8. The fourth-order valence-corrected chi connectivity index (χ4v) is 4.95. The molecule has 0 saturated heterocycles. The third-order valence-electron chi connectivity index (χ3n) is 4.83. The van der Waals surface area contributed by atoms with E-state index in [1.54, 1.807) is 17.4 Å². The lowest BCUT2D eigenvalue weighted by Crippen LogP contribution is -2.40. The van der Waals surface area contributed by atoms with Crippen LogP contribution in [0.3, 0.4) is 0 Å². The van der Waals surface area contributed by atoms with E-state index in [2.05, 4.69) is 32.3 Å². The molecule has 3 N–H and O–H groups in total. The molecule has 3 heterocycles. The Morgan fingerprint density at radius 2 is 2.31 bits per heavy atom. The molecule has 4 nitrogen and oxygen atoms in total. The van der Waals surface area contributed by atoms with Gasteiger partial charge in [0, 0.05) is 29.4 Å². The zero-order chi connectivity index (χ0) is 18.3. The average molecular weight is 459 g/mol. The van der Waals surface area contributed by atoms with Crippen LogP contribution < -0.4 is 11.1 Å². The molecule has 4 rings (SSSR count). The fraction of sp³-hybridized carbons (Fsp3) is 0.389. The molecular formula is C18H18BrClFN3OS. The number of pyridine rings is 1. The number of nitrogens with zero attached hydrogens (tertiary/aromatic N) is 1. The Morgan fingerprint density at radius 3 is 3.08 bits per heavy atom. The summed E-state index contributed by atoms with van der Waals surface area (Å²) in [4.78, 5) is 5.59. The molecule has 8 heteroatoms. The first kappa shape index (κ1) is 18.2. The van der Waals surface area contributed by atoms with Crippen molar-refractivity contribution in [2.24, 2.45) is 5.73 Å². The minimum atomic E-state index is -1.01. The maximum Gasteiger partial charge on any atom is 0.177 e. The topological polar surface area (TPSA) is 64.1 Å². The number of furan rings is 1. The molecule has 1 saturated carbocycles. The fourth-order valence-electron chi connectivity index (χ4n) is 3.47. The smallest absolute Gasteiger partial charge is 0.177 e. The summed E-state index contributed by atoms with van der Waals surface area (Å²) in [7, 11) is 0. The summed E-state index contributed by atoms with van der Waals surface area (Å²) >= 11 is 11.5. The molecule has 0 amide bonds. The highest BCUT2D eigenvalue weighted by Crippen LogP contribution is 2.43. The van der Waals surface area contributed by atoms with Crippen molar-refractivity contribution in [1.82, 2.24) is 4.98 Å². The Morgan fingerprint density at radius 1 is 1.46 bits per heavy atom. The van der Waals surface area contributed by atoms with Crippen LogP contribution in [0.15, 0.2) is 32.5 Å². The molecule has 0 unspecified atom stereocenters. The van der Waals surface area contributed by atoms with Crippen LogP contribution >= 0.6 is 38.9 Å².